The molecular formula is C19H23N3O3. The van der Waals surface area contributed by atoms with Crippen LogP contribution in [0.1, 0.15) is 38.2 Å². The van der Waals surface area contributed by atoms with Gasteiger partial charge in [0.15, 0.2) is 6.61 Å². The molecule has 1 aliphatic rings. The Balaban J connectivity index is 2.02. The zero-order valence-electron chi connectivity index (χ0n) is 14.3. The first-order valence-electron chi connectivity index (χ1n) is 8.43. The first-order chi connectivity index (χ1) is 12.0. The number of hydrogen-bond acceptors (Lipinski definition) is 4. The number of nitriles is 1. The molecule has 1 aromatic rings. The molecule has 0 radical (unpaired) electrons. The number of nitrogens with zero attached hydrogens (tertiary/aromatic N) is 1. The summed E-state index contributed by atoms with van der Waals surface area (Å²) in [6.07, 6.45) is 5.90. The highest BCUT2D eigenvalue weighted by molar-refractivity contribution is 6.01. The van der Waals surface area contributed by atoms with Crippen molar-refractivity contribution in [1.29, 1.82) is 5.26 Å². The fourth-order valence-electron chi connectivity index (χ4n) is 2.91. The van der Waals surface area contributed by atoms with E-state index in [4.69, 9.17) is 10.5 Å². The Hall–Kier alpha value is -2.81. The van der Waals surface area contributed by atoms with Gasteiger partial charge in [0.25, 0.3) is 11.8 Å². The molecule has 2 atom stereocenters. The van der Waals surface area contributed by atoms with Gasteiger partial charge >= 0.3 is 0 Å². The summed E-state index contributed by atoms with van der Waals surface area (Å²) in [4.78, 5) is 23.1. The topological polar surface area (TPSA) is 105 Å². The second kappa shape index (κ2) is 8.88. The summed E-state index contributed by atoms with van der Waals surface area (Å²) in [7, 11) is 0. The Bertz CT molecular complexity index is 689. The van der Waals surface area contributed by atoms with Gasteiger partial charge in [-0.1, -0.05) is 31.9 Å². The van der Waals surface area contributed by atoms with E-state index in [-0.39, 0.29) is 24.1 Å². The van der Waals surface area contributed by atoms with Gasteiger partial charge in [-0.05, 0) is 42.5 Å². The van der Waals surface area contributed by atoms with E-state index in [2.05, 4.69) is 12.2 Å². The molecule has 0 saturated heterocycles. The average molecular weight is 341 g/mol. The lowest BCUT2D eigenvalue weighted by Gasteiger charge is -2.29. The minimum absolute atomic E-state index is 0.0728. The quantitative estimate of drug-likeness (QED) is 0.611. The Morgan fingerprint density at radius 2 is 2.00 bits per heavy atom. The van der Waals surface area contributed by atoms with Crippen molar-refractivity contribution < 1.29 is 14.3 Å². The molecule has 1 aromatic carbocycles. The van der Waals surface area contributed by atoms with Gasteiger partial charge in [0.2, 0.25) is 0 Å². The molecule has 1 aliphatic carbocycles. The molecule has 6 heteroatoms. The molecule has 25 heavy (non-hydrogen) atoms. The van der Waals surface area contributed by atoms with Gasteiger partial charge in [0.05, 0.1) is 0 Å². The number of amides is 2. The summed E-state index contributed by atoms with van der Waals surface area (Å²) in [6, 6.07) is 8.83. The number of carbonyl (C=O) groups excluding carboxylic acids is 2. The molecule has 0 aliphatic heterocycles. The van der Waals surface area contributed by atoms with Crippen LogP contribution in [0.15, 0.2) is 29.8 Å². The van der Waals surface area contributed by atoms with Gasteiger partial charge in [-0.15, -0.1) is 0 Å². The SMILES string of the molecule is C[C@@H]1CCCC[C@H]1NC(=O)/C(C#N)=C/c1ccc(OCC(N)=O)cc1. The van der Waals surface area contributed by atoms with Crippen LogP contribution in [-0.2, 0) is 9.59 Å². The summed E-state index contributed by atoms with van der Waals surface area (Å²) >= 11 is 0. The van der Waals surface area contributed by atoms with Gasteiger partial charge in [-0.2, -0.15) is 5.26 Å². The smallest absolute Gasteiger partial charge is 0.262 e. The fraction of sp³-hybridized carbons (Fsp3) is 0.421. The standard InChI is InChI=1S/C19H23N3O3/c1-13-4-2-3-5-17(13)22-19(24)15(11-20)10-14-6-8-16(9-7-14)25-12-18(21)23/h6-10,13,17H,2-5,12H2,1H3,(H2,21,23)(H,22,24)/b15-10+/t13-,17-/m1/s1. The van der Waals surface area contributed by atoms with E-state index >= 15 is 0 Å². The summed E-state index contributed by atoms with van der Waals surface area (Å²) < 4.78 is 5.17. The van der Waals surface area contributed by atoms with Crippen LogP contribution < -0.4 is 15.8 Å². The third-order valence-corrected chi connectivity index (χ3v) is 4.37. The lowest BCUT2D eigenvalue weighted by molar-refractivity contribution is -0.120. The molecule has 132 valence electrons. The highest BCUT2D eigenvalue weighted by Crippen LogP contribution is 2.24. The van der Waals surface area contributed by atoms with Crippen molar-refractivity contribution in [2.75, 3.05) is 6.61 Å². The Labute approximate surface area is 147 Å². The van der Waals surface area contributed by atoms with E-state index < -0.39 is 5.91 Å². The molecule has 1 fully saturated rings. The number of benzene rings is 1. The number of carbonyl (C=O) groups is 2. The van der Waals surface area contributed by atoms with Gasteiger partial charge in [-0.3, -0.25) is 9.59 Å². The minimum atomic E-state index is -0.552. The summed E-state index contributed by atoms with van der Waals surface area (Å²) in [5, 5.41) is 12.3. The van der Waals surface area contributed by atoms with E-state index in [1.807, 2.05) is 6.07 Å². The number of ether oxygens (including phenoxy) is 1. The average Bonchev–Trinajstić information content (AvgIpc) is 2.60. The lowest BCUT2D eigenvalue weighted by atomic mass is 9.86. The van der Waals surface area contributed by atoms with Crippen molar-refractivity contribution in [1.82, 2.24) is 5.32 Å². The Morgan fingerprint density at radius 3 is 2.60 bits per heavy atom. The predicted octanol–water partition coefficient (Wildman–Crippen LogP) is 2.15. The van der Waals surface area contributed by atoms with Crippen molar-refractivity contribution in [2.24, 2.45) is 11.7 Å². The van der Waals surface area contributed by atoms with Gasteiger partial charge in [-0.25, -0.2) is 0 Å². The normalized spacial score (nSPS) is 20.4. The van der Waals surface area contributed by atoms with Crippen molar-refractivity contribution >= 4 is 17.9 Å². The van der Waals surface area contributed by atoms with Crippen molar-refractivity contribution in [3.63, 3.8) is 0 Å². The van der Waals surface area contributed by atoms with Crippen LogP contribution in [0, 0.1) is 17.2 Å². The third kappa shape index (κ3) is 5.64. The Morgan fingerprint density at radius 1 is 1.32 bits per heavy atom. The number of hydrogen-bond donors (Lipinski definition) is 2. The summed E-state index contributed by atoms with van der Waals surface area (Å²) in [6.45, 7) is 1.94. The van der Waals surface area contributed by atoms with E-state index in [1.54, 1.807) is 30.3 Å². The highest BCUT2D eigenvalue weighted by atomic mass is 16.5. The van der Waals surface area contributed by atoms with E-state index in [0.29, 0.717) is 17.2 Å². The number of nitrogens with two attached hydrogens (primary N) is 1. The maximum Gasteiger partial charge on any atom is 0.262 e. The molecule has 6 nitrogen and oxygen atoms in total. The molecule has 2 amide bonds. The zero-order valence-corrected chi connectivity index (χ0v) is 14.3. The van der Waals surface area contributed by atoms with Crippen molar-refractivity contribution in [3.05, 3.63) is 35.4 Å². The van der Waals surface area contributed by atoms with E-state index in [9.17, 15) is 14.9 Å². The number of rotatable bonds is 6. The van der Waals surface area contributed by atoms with Crippen LogP contribution in [-0.4, -0.2) is 24.5 Å². The van der Waals surface area contributed by atoms with Crippen LogP contribution in [0.5, 0.6) is 5.75 Å². The maximum atomic E-state index is 12.4. The molecule has 3 N–H and O–H groups in total. The maximum absolute atomic E-state index is 12.4. The molecule has 0 heterocycles. The molecular weight excluding hydrogens is 318 g/mol. The van der Waals surface area contributed by atoms with Crippen LogP contribution in [0.2, 0.25) is 0 Å². The Kier molecular flexibility index (Phi) is 6.58. The van der Waals surface area contributed by atoms with Crippen molar-refractivity contribution in [3.8, 4) is 11.8 Å². The molecule has 0 bridgehead atoms. The van der Waals surface area contributed by atoms with Gasteiger partial charge in [0, 0.05) is 6.04 Å². The van der Waals surface area contributed by atoms with Gasteiger partial charge < -0.3 is 15.8 Å². The van der Waals surface area contributed by atoms with Crippen LogP contribution >= 0.6 is 0 Å². The van der Waals surface area contributed by atoms with Crippen LogP contribution in [0.4, 0.5) is 0 Å². The number of nitrogens with one attached hydrogen (secondary N) is 1. The largest absolute Gasteiger partial charge is 0.484 e. The highest BCUT2D eigenvalue weighted by Gasteiger charge is 2.23. The van der Waals surface area contributed by atoms with Crippen molar-refractivity contribution in [2.45, 2.75) is 38.6 Å². The van der Waals surface area contributed by atoms with E-state index in [0.717, 1.165) is 19.3 Å². The molecule has 0 unspecified atom stereocenters. The molecule has 2 rings (SSSR count). The molecule has 0 aromatic heterocycles. The minimum Gasteiger partial charge on any atom is -0.484 e. The van der Waals surface area contributed by atoms with E-state index in [1.165, 1.54) is 6.42 Å². The summed E-state index contributed by atoms with van der Waals surface area (Å²) in [5.41, 5.74) is 5.80. The first kappa shape index (κ1) is 18.5. The lowest BCUT2D eigenvalue weighted by Crippen LogP contribution is -2.41. The second-order valence-corrected chi connectivity index (χ2v) is 6.34. The first-order valence-corrected chi connectivity index (χ1v) is 8.43. The predicted molar refractivity (Wildman–Crippen MR) is 94.3 cm³/mol. The zero-order chi connectivity index (χ0) is 18.2. The van der Waals surface area contributed by atoms with Gasteiger partial charge in [0.1, 0.15) is 17.4 Å². The fourth-order valence-corrected chi connectivity index (χ4v) is 2.91. The summed E-state index contributed by atoms with van der Waals surface area (Å²) in [5.74, 6) is 0.0360. The molecule has 0 spiro atoms. The third-order valence-electron chi connectivity index (χ3n) is 4.37. The van der Waals surface area contributed by atoms with Crippen LogP contribution in [0.3, 0.4) is 0 Å². The van der Waals surface area contributed by atoms with Crippen LogP contribution in [0.25, 0.3) is 6.08 Å². The number of primary amides is 1. The monoisotopic (exact) mass is 341 g/mol. The molecule has 1 saturated carbocycles. The second-order valence-electron chi connectivity index (χ2n) is 6.34.